The molecule has 0 aliphatic heterocycles. The molecule has 0 unspecified atom stereocenters. The van der Waals surface area contributed by atoms with Gasteiger partial charge in [0, 0.05) is 23.7 Å². The summed E-state index contributed by atoms with van der Waals surface area (Å²) in [5.41, 5.74) is 8.94. The van der Waals surface area contributed by atoms with Crippen molar-refractivity contribution < 1.29 is 0 Å². The first-order valence-electron chi connectivity index (χ1n) is 6.27. The van der Waals surface area contributed by atoms with Gasteiger partial charge in [0.1, 0.15) is 0 Å². The lowest BCUT2D eigenvalue weighted by atomic mass is 10.1. The zero-order valence-corrected chi connectivity index (χ0v) is 10.9. The molecule has 2 aromatic rings. The highest BCUT2D eigenvalue weighted by molar-refractivity contribution is 6.31. The van der Waals surface area contributed by atoms with Gasteiger partial charge in [-0.3, -0.25) is 4.68 Å². The third-order valence-electron chi connectivity index (χ3n) is 3.34. The molecule has 1 saturated carbocycles. The second-order valence-electron chi connectivity index (χ2n) is 4.84. The normalized spacial score (nSPS) is 15.0. The van der Waals surface area contributed by atoms with E-state index >= 15 is 0 Å². The highest BCUT2D eigenvalue weighted by Crippen LogP contribution is 2.38. The molecule has 18 heavy (non-hydrogen) atoms. The van der Waals surface area contributed by atoms with Gasteiger partial charge in [0.05, 0.1) is 12.2 Å². The number of hydrogen-bond acceptors (Lipinski definition) is 2. The molecule has 0 amide bonds. The van der Waals surface area contributed by atoms with Gasteiger partial charge >= 0.3 is 0 Å². The largest absolute Gasteiger partial charge is 0.326 e. The van der Waals surface area contributed by atoms with E-state index in [9.17, 15) is 0 Å². The van der Waals surface area contributed by atoms with Gasteiger partial charge in [0.15, 0.2) is 0 Å². The number of nitrogens with two attached hydrogens (primary N) is 1. The molecule has 0 saturated heterocycles. The van der Waals surface area contributed by atoms with E-state index in [0.717, 1.165) is 22.7 Å². The van der Waals surface area contributed by atoms with Gasteiger partial charge in [-0.1, -0.05) is 23.7 Å². The molecule has 94 valence electrons. The Morgan fingerprint density at radius 1 is 1.33 bits per heavy atom. The summed E-state index contributed by atoms with van der Waals surface area (Å²) in [7, 11) is 0. The summed E-state index contributed by atoms with van der Waals surface area (Å²) in [6, 6.07) is 8.09. The maximum absolute atomic E-state index is 6.24. The Kier molecular flexibility index (Phi) is 3.10. The smallest absolute Gasteiger partial charge is 0.0673 e. The van der Waals surface area contributed by atoms with Gasteiger partial charge in [0.2, 0.25) is 0 Å². The van der Waals surface area contributed by atoms with Crippen LogP contribution >= 0.6 is 11.6 Å². The predicted molar refractivity (Wildman–Crippen MR) is 72.6 cm³/mol. The Hall–Kier alpha value is -1.32. The molecule has 0 bridgehead atoms. The van der Waals surface area contributed by atoms with Crippen molar-refractivity contribution in [3.63, 3.8) is 0 Å². The summed E-state index contributed by atoms with van der Waals surface area (Å²) < 4.78 is 1.96. The second-order valence-corrected chi connectivity index (χ2v) is 5.25. The van der Waals surface area contributed by atoms with E-state index in [0.29, 0.717) is 12.5 Å². The molecule has 3 rings (SSSR count). The summed E-state index contributed by atoms with van der Waals surface area (Å²) in [6.45, 7) is 1.24. The molecule has 0 spiro atoms. The van der Waals surface area contributed by atoms with Gasteiger partial charge in [-0.25, -0.2) is 0 Å². The highest BCUT2D eigenvalue weighted by atomic mass is 35.5. The standard InChI is InChI=1S/C14H16ClN3/c15-13-7-10(8-16)1-2-12(13)9-18-6-5-14(17-18)11-3-4-11/h1-2,5-7,11H,3-4,8-9,16H2. The van der Waals surface area contributed by atoms with Gasteiger partial charge in [-0.15, -0.1) is 0 Å². The Labute approximate surface area is 112 Å². The van der Waals surface area contributed by atoms with E-state index < -0.39 is 0 Å². The number of nitrogens with zero attached hydrogens (tertiary/aromatic N) is 2. The molecule has 1 aliphatic carbocycles. The van der Waals surface area contributed by atoms with Gasteiger partial charge in [-0.05, 0) is 36.1 Å². The number of benzene rings is 1. The number of aromatic nitrogens is 2. The molecule has 1 heterocycles. The summed E-state index contributed by atoms with van der Waals surface area (Å²) >= 11 is 6.24. The van der Waals surface area contributed by atoms with Crippen LogP contribution in [0.1, 0.15) is 35.6 Å². The molecule has 1 aliphatic rings. The molecule has 1 fully saturated rings. The molecule has 2 N–H and O–H groups in total. The molecular formula is C14H16ClN3. The van der Waals surface area contributed by atoms with Crippen LogP contribution in [-0.4, -0.2) is 9.78 Å². The van der Waals surface area contributed by atoms with Crippen molar-refractivity contribution in [2.45, 2.75) is 31.8 Å². The van der Waals surface area contributed by atoms with Crippen molar-refractivity contribution >= 4 is 11.6 Å². The van der Waals surface area contributed by atoms with Crippen LogP contribution in [0.4, 0.5) is 0 Å². The van der Waals surface area contributed by atoms with Crippen LogP contribution in [0.3, 0.4) is 0 Å². The van der Waals surface area contributed by atoms with Crippen LogP contribution in [-0.2, 0) is 13.1 Å². The third kappa shape index (κ3) is 2.42. The van der Waals surface area contributed by atoms with E-state index in [2.05, 4.69) is 11.2 Å². The van der Waals surface area contributed by atoms with Crippen molar-refractivity contribution in [1.82, 2.24) is 9.78 Å². The van der Waals surface area contributed by atoms with Crippen molar-refractivity contribution in [3.8, 4) is 0 Å². The Bertz CT molecular complexity index is 558. The van der Waals surface area contributed by atoms with Gasteiger partial charge in [-0.2, -0.15) is 5.10 Å². The minimum absolute atomic E-state index is 0.521. The zero-order valence-electron chi connectivity index (χ0n) is 10.1. The van der Waals surface area contributed by atoms with Gasteiger partial charge < -0.3 is 5.73 Å². The number of hydrogen-bond donors (Lipinski definition) is 1. The SMILES string of the molecule is NCc1ccc(Cn2ccc(C3CC3)n2)c(Cl)c1. The first-order chi connectivity index (χ1) is 8.76. The number of halogens is 1. The lowest BCUT2D eigenvalue weighted by Crippen LogP contribution is -2.03. The fraction of sp³-hybridized carbons (Fsp3) is 0.357. The molecule has 0 radical (unpaired) electrons. The average molecular weight is 262 g/mol. The van der Waals surface area contributed by atoms with Crippen LogP contribution in [0.2, 0.25) is 5.02 Å². The monoisotopic (exact) mass is 261 g/mol. The van der Waals surface area contributed by atoms with Crippen LogP contribution in [0.5, 0.6) is 0 Å². The fourth-order valence-electron chi connectivity index (χ4n) is 2.08. The summed E-state index contributed by atoms with van der Waals surface area (Å²) in [4.78, 5) is 0. The molecule has 1 aromatic heterocycles. The first kappa shape index (κ1) is 11.8. The van der Waals surface area contributed by atoms with E-state index in [4.69, 9.17) is 17.3 Å². The maximum atomic E-state index is 6.24. The van der Waals surface area contributed by atoms with E-state index in [-0.39, 0.29) is 0 Å². The molecule has 4 heteroatoms. The van der Waals surface area contributed by atoms with Crippen molar-refractivity contribution in [1.29, 1.82) is 0 Å². The van der Waals surface area contributed by atoms with Crippen LogP contribution in [0.25, 0.3) is 0 Å². The minimum Gasteiger partial charge on any atom is -0.326 e. The van der Waals surface area contributed by atoms with Crippen LogP contribution in [0.15, 0.2) is 30.5 Å². The lowest BCUT2D eigenvalue weighted by molar-refractivity contribution is 0.672. The Balaban J connectivity index is 1.78. The first-order valence-corrected chi connectivity index (χ1v) is 6.65. The third-order valence-corrected chi connectivity index (χ3v) is 3.69. The summed E-state index contributed by atoms with van der Waals surface area (Å²) in [5, 5.41) is 5.35. The van der Waals surface area contributed by atoms with Crippen molar-refractivity contribution in [2.24, 2.45) is 5.73 Å². The minimum atomic E-state index is 0.521. The summed E-state index contributed by atoms with van der Waals surface area (Å²) in [6.07, 6.45) is 4.59. The summed E-state index contributed by atoms with van der Waals surface area (Å²) in [5.74, 6) is 0.696. The Morgan fingerprint density at radius 3 is 2.83 bits per heavy atom. The van der Waals surface area contributed by atoms with E-state index in [1.165, 1.54) is 18.5 Å². The van der Waals surface area contributed by atoms with E-state index in [1.54, 1.807) is 0 Å². The average Bonchev–Trinajstić information content (AvgIpc) is 3.13. The maximum Gasteiger partial charge on any atom is 0.0673 e. The zero-order chi connectivity index (χ0) is 12.5. The predicted octanol–water partition coefficient (Wildman–Crippen LogP) is 2.92. The molecule has 1 aromatic carbocycles. The Morgan fingerprint density at radius 2 is 2.17 bits per heavy atom. The number of rotatable bonds is 4. The molecule has 3 nitrogen and oxygen atoms in total. The molecular weight excluding hydrogens is 246 g/mol. The fourth-order valence-corrected chi connectivity index (χ4v) is 2.35. The van der Waals surface area contributed by atoms with Crippen molar-refractivity contribution in [2.75, 3.05) is 0 Å². The lowest BCUT2D eigenvalue weighted by Gasteiger charge is -2.06. The van der Waals surface area contributed by atoms with Gasteiger partial charge in [0.25, 0.3) is 0 Å². The van der Waals surface area contributed by atoms with Crippen molar-refractivity contribution in [3.05, 3.63) is 52.3 Å². The van der Waals surface area contributed by atoms with Crippen LogP contribution in [0, 0.1) is 0 Å². The molecule has 0 atom stereocenters. The highest BCUT2D eigenvalue weighted by Gasteiger charge is 2.25. The van der Waals surface area contributed by atoms with Crippen LogP contribution < -0.4 is 5.73 Å². The second kappa shape index (κ2) is 4.75. The topological polar surface area (TPSA) is 43.8 Å². The quantitative estimate of drug-likeness (QED) is 0.920. The van der Waals surface area contributed by atoms with E-state index in [1.807, 2.05) is 29.1 Å².